The van der Waals surface area contributed by atoms with Crippen LogP contribution in [-0.2, 0) is 0 Å². The summed E-state index contributed by atoms with van der Waals surface area (Å²) in [5, 5.41) is 12.7. The van der Waals surface area contributed by atoms with Crippen LogP contribution in [0.4, 0.5) is 0 Å². The van der Waals surface area contributed by atoms with Gasteiger partial charge in [0.1, 0.15) is 12.4 Å². The first-order valence-electron chi connectivity index (χ1n) is 4.74. The molecule has 0 bridgehead atoms. The van der Waals surface area contributed by atoms with Gasteiger partial charge < -0.3 is 5.73 Å². The predicted molar refractivity (Wildman–Crippen MR) is 63.7 cm³/mol. The Hall–Kier alpha value is -1.97. The monoisotopic (exact) mass is 250 g/mol. The highest BCUT2D eigenvalue weighted by atomic mass is 35.5. The minimum atomic E-state index is -0.222. The van der Waals surface area contributed by atoms with E-state index < -0.39 is 0 Å². The van der Waals surface area contributed by atoms with Crippen molar-refractivity contribution in [2.75, 3.05) is 0 Å². The van der Waals surface area contributed by atoms with Crippen molar-refractivity contribution >= 4 is 12.4 Å². The highest BCUT2D eigenvalue weighted by Crippen LogP contribution is 2.10. The van der Waals surface area contributed by atoms with E-state index >= 15 is 0 Å². The van der Waals surface area contributed by atoms with Gasteiger partial charge in [-0.05, 0) is 19.1 Å². The van der Waals surface area contributed by atoms with Gasteiger partial charge in [-0.15, -0.1) is 12.4 Å². The van der Waals surface area contributed by atoms with Crippen LogP contribution in [-0.4, -0.2) is 19.7 Å². The Morgan fingerprint density at radius 3 is 2.71 bits per heavy atom. The number of nitriles is 1. The molecule has 2 aromatic heterocycles. The van der Waals surface area contributed by atoms with Crippen molar-refractivity contribution in [1.29, 1.82) is 5.26 Å². The maximum atomic E-state index is 8.66. The lowest BCUT2D eigenvalue weighted by atomic mass is 10.3. The van der Waals surface area contributed by atoms with Crippen LogP contribution in [0.5, 0.6) is 0 Å². The zero-order valence-electron chi connectivity index (χ0n) is 9.11. The number of halogens is 1. The SMILES string of the molecule is C[C@H](N)c1ncnn1-c1ccc(C#N)cn1.Cl. The van der Waals surface area contributed by atoms with Crippen LogP contribution in [0.3, 0.4) is 0 Å². The van der Waals surface area contributed by atoms with Gasteiger partial charge in [-0.1, -0.05) is 0 Å². The summed E-state index contributed by atoms with van der Waals surface area (Å²) in [6, 6.07) is 5.17. The third kappa shape index (κ3) is 2.58. The van der Waals surface area contributed by atoms with Crippen LogP contribution in [0, 0.1) is 11.3 Å². The Morgan fingerprint density at radius 2 is 2.18 bits per heavy atom. The molecule has 0 unspecified atom stereocenters. The fourth-order valence-corrected chi connectivity index (χ4v) is 1.31. The molecule has 17 heavy (non-hydrogen) atoms. The van der Waals surface area contributed by atoms with Crippen molar-refractivity contribution in [3.63, 3.8) is 0 Å². The molecule has 2 aromatic rings. The second kappa shape index (κ2) is 5.39. The van der Waals surface area contributed by atoms with Crippen LogP contribution in [0.1, 0.15) is 24.4 Å². The van der Waals surface area contributed by atoms with E-state index in [1.807, 2.05) is 13.0 Å². The zero-order valence-corrected chi connectivity index (χ0v) is 9.92. The average Bonchev–Trinajstić information content (AvgIpc) is 2.78. The Kier molecular flexibility index (Phi) is 4.15. The van der Waals surface area contributed by atoms with E-state index in [1.165, 1.54) is 12.5 Å². The molecule has 0 aliphatic heterocycles. The molecule has 0 saturated carbocycles. The molecule has 2 heterocycles. The fraction of sp³-hybridized carbons (Fsp3) is 0.200. The molecule has 2 rings (SSSR count). The number of rotatable bonds is 2. The second-order valence-corrected chi connectivity index (χ2v) is 3.34. The first-order valence-corrected chi connectivity index (χ1v) is 4.74. The van der Waals surface area contributed by atoms with E-state index in [-0.39, 0.29) is 18.4 Å². The molecule has 6 nitrogen and oxygen atoms in total. The smallest absolute Gasteiger partial charge is 0.155 e. The van der Waals surface area contributed by atoms with Crippen molar-refractivity contribution in [3.05, 3.63) is 36.0 Å². The van der Waals surface area contributed by atoms with Gasteiger partial charge in [0.25, 0.3) is 0 Å². The molecule has 0 radical (unpaired) electrons. The number of nitrogens with zero attached hydrogens (tertiary/aromatic N) is 5. The van der Waals surface area contributed by atoms with Gasteiger partial charge >= 0.3 is 0 Å². The van der Waals surface area contributed by atoms with E-state index in [9.17, 15) is 0 Å². The first-order chi connectivity index (χ1) is 7.72. The number of pyridine rings is 1. The lowest BCUT2D eigenvalue weighted by Gasteiger charge is -2.06. The molecule has 88 valence electrons. The molecule has 0 aliphatic rings. The molecule has 0 aromatic carbocycles. The molecule has 0 fully saturated rings. The van der Waals surface area contributed by atoms with Crippen molar-refractivity contribution in [3.8, 4) is 11.9 Å². The molecule has 0 spiro atoms. The molecule has 2 N–H and O–H groups in total. The van der Waals surface area contributed by atoms with Gasteiger partial charge in [-0.25, -0.2) is 9.97 Å². The highest BCUT2D eigenvalue weighted by Gasteiger charge is 2.11. The molecular weight excluding hydrogens is 240 g/mol. The topological polar surface area (TPSA) is 93.4 Å². The van der Waals surface area contributed by atoms with Gasteiger partial charge in [0.15, 0.2) is 11.6 Å². The summed E-state index contributed by atoms with van der Waals surface area (Å²) in [4.78, 5) is 8.17. The third-order valence-corrected chi connectivity index (χ3v) is 2.08. The lowest BCUT2D eigenvalue weighted by Crippen LogP contribution is -2.14. The summed E-state index contributed by atoms with van der Waals surface area (Å²) in [7, 11) is 0. The van der Waals surface area contributed by atoms with Gasteiger partial charge in [0.05, 0.1) is 11.6 Å². The Labute approximate surface area is 105 Å². The number of aromatic nitrogens is 4. The summed E-state index contributed by atoms with van der Waals surface area (Å²) >= 11 is 0. The van der Waals surface area contributed by atoms with Crippen LogP contribution in [0.15, 0.2) is 24.7 Å². The molecule has 0 saturated heterocycles. The number of nitrogens with two attached hydrogens (primary N) is 1. The Morgan fingerprint density at radius 1 is 1.41 bits per heavy atom. The standard InChI is InChI=1S/C10H10N6.ClH/c1-7(12)10-14-6-15-16(10)9-3-2-8(4-11)5-13-9;/h2-3,5-7H,12H2,1H3;1H/t7-;/m0./s1. The van der Waals surface area contributed by atoms with Crippen molar-refractivity contribution in [2.45, 2.75) is 13.0 Å². The minimum Gasteiger partial charge on any atom is -0.322 e. The summed E-state index contributed by atoms with van der Waals surface area (Å²) < 4.78 is 1.56. The lowest BCUT2D eigenvalue weighted by molar-refractivity contribution is 0.681. The average molecular weight is 251 g/mol. The largest absolute Gasteiger partial charge is 0.322 e. The molecular formula is C10H11ClN6. The summed E-state index contributed by atoms with van der Waals surface area (Å²) in [6.07, 6.45) is 2.92. The molecule has 1 atom stereocenters. The highest BCUT2D eigenvalue weighted by molar-refractivity contribution is 5.85. The van der Waals surface area contributed by atoms with Crippen molar-refractivity contribution in [1.82, 2.24) is 19.7 Å². The summed E-state index contributed by atoms with van der Waals surface area (Å²) in [5.74, 6) is 1.24. The zero-order chi connectivity index (χ0) is 11.5. The van der Waals surface area contributed by atoms with Crippen LogP contribution in [0.2, 0.25) is 0 Å². The predicted octanol–water partition coefficient (Wildman–Crippen LogP) is 0.975. The van der Waals surface area contributed by atoms with E-state index in [1.54, 1.807) is 16.8 Å². The quantitative estimate of drug-likeness (QED) is 0.857. The van der Waals surface area contributed by atoms with Crippen LogP contribution < -0.4 is 5.73 Å². The van der Waals surface area contributed by atoms with Gasteiger partial charge in [-0.3, -0.25) is 0 Å². The van der Waals surface area contributed by atoms with E-state index in [0.29, 0.717) is 17.2 Å². The second-order valence-electron chi connectivity index (χ2n) is 3.34. The van der Waals surface area contributed by atoms with Gasteiger partial charge in [0, 0.05) is 6.20 Å². The molecule has 7 heteroatoms. The van der Waals surface area contributed by atoms with Crippen molar-refractivity contribution < 1.29 is 0 Å². The van der Waals surface area contributed by atoms with E-state index in [0.717, 1.165) is 0 Å². The third-order valence-electron chi connectivity index (χ3n) is 2.08. The molecule has 0 aliphatic carbocycles. The van der Waals surface area contributed by atoms with Crippen LogP contribution >= 0.6 is 12.4 Å². The summed E-state index contributed by atoms with van der Waals surface area (Å²) in [6.45, 7) is 1.82. The maximum absolute atomic E-state index is 8.66. The Balaban J connectivity index is 0.00000144. The maximum Gasteiger partial charge on any atom is 0.155 e. The first kappa shape index (κ1) is 13.1. The van der Waals surface area contributed by atoms with Gasteiger partial charge in [-0.2, -0.15) is 15.0 Å². The normalized spacial score (nSPS) is 11.4. The van der Waals surface area contributed by atoms with Crippen molar-refractivity contribution in [2.24, 2.45) is 5.73 Å². The fourth-order valence-electron chi connectivity index (χ4n) is 1.31. The Bertz CT molecular complexity index is 524. The number of hydrogen-bond donors (Lipinski definition) is 1. The number of hydrogen-bond acceptors (Lipinski definition) is 5. The van der Waals surface area contributed by atoms with Gasteiger partial charge in [0.2, 0.25) is 0 Å². The summed E-state index contributed by atoms with van der Waals surface area (Å²) in [5.41, 5.74) is 6.25. The van der Waals surface area contributed by atoms with Crippen LogP contribution in [0.25, 0.3) is 5.82 Å². The van der Waals surface area contributed by atoms with E-state index in [4.69, 9.17) is 11.0 Å². The molecule has 0 amide bonds. The van der Waals surface area contributed by atoms with E-state index in [2.05, 4.69) is 15.1 Å². The minimum absolute atomic E-state index is 0.